The summed E-state index contributed by atoms with van der Waals surface area (Å²) in [5.74, 6) is 0. The summed E-state index contributed by atoms with van der Waals surface area (Å²) < 4.78 is 5.88. The molecule has 20 heavy (non-hydrogen) atoms. The quantitative estimate of drug-likeness (QED) is 0.712. The van der Waals surface area contributed by atoms with Crippen molar-refractivity contribution in [3.8, 4) is 0 Å². The molecule has 1 heterocycles. The molecule has 0 aromatic carbocycles. The van der Waals surface area contributed by atoms with Gasteiger partial charge in [-0.1, -0.05) is 26.8 Å². The van der Waals surface area contributed by atoms with Crippen molar-refractivity contribution < 1.29 is 4.74 Å². The molecule has 0 aliphatic heterocycles. The van der Waals surface area contributed by atoms with E-state index in [1.54, 1.807) is 0 Å². The van der Waals surface area contributed by atoms with E-state index in [2.05, 4.69) is 50.1 Å². The average molecular weight is 278 g/mol. The number of hydrogen-bond donors (Lipinski definition) is 1. The first-order valence-corrected chi connectivity index (χ1v) is 8.03. The average Bonchev–Trinajstić information content (AvgIpc) is 2.50. The Labute approximate surface area is 124 Å². The van der Waals surface area contributed by atoms with Gasteiger partial charge in [-0.15, -0.1) is 0 Å². The van der Waals surface area contributed by atoms with Gasteiger partial charge in [-0.3, -0.25) is 4.98 Å². The molecule has 0 aliphatic rings. The van der Waals surface area contributed by atoms with E-state index in [0.29, 0.717) is 6.04 Å². The molecular formula is C17H30N2O. The van der Waals surface area contributed by atoms with E-state index in [1.807, 2.05) is 6.20 Å². The van der Waals surface area contributed by atoms with Crippen LogP contribution in [0.2, 0.25) is 0 Å². The van der Waals surface area contributed by atoms with E-state index in [-0.39, 0.29) is 6.10 Å². The second-order valence-corrected chi connectivity index (χ2v) is 5.18. The number of nitrogens with zero attached hydrogens (tertiary/aromatic N) is 1. The van der Waals surface area contributed by atoms with Crippen LogP contribution in [0, 0.1) is 0 Å². The second-order valence-electron chi connectivity index (χ2n) is 5.18. The molecule has 1 aromatic rings. The number of pyridine rings is 1. The van der Waals surface area contributed by atoms with Crippen LogP contribution in [-0.4, -0.2) is 30.3 Å². The SMILES string of the molecule is CCCNC(Cc1ccc(CC)cn1)C(CC)OCC. The Hall–Kier alpha value is -0.930. The van der Waals surface area contributed by atoms with Crippen LogP contribution in [0.4, 0.5) is 0 Å². The van der Waals surface area contributed by atoms with Crippen LogP contribution in [-0.2, 0) is 17.6 Å². The number of aromatic nitrogens is 1. The molecule has 0 bridgehead atoms. The predicted octanol–water partition coefficient (Wildman–Crippen LogP) is 3.37. The molecule has 114 valence electrons. The van der Waals surface area contributed by atoms with Gasteiger partial charge < -0.3 is 10.1 Å². The lowest BCUT2D eigenvalue weighted by Crippen LogP contribution is -2.43. The summed E-state index contributed by atoms with van der Waals surface area (Å²) in [5.41, 5.74) is 2.44. The van der Waals surface area contributed by atoms with Crippen LogP contribution >= 0.6 is 0 Å². The first-order chi connectivity index (χ1) is 9.74. The molecule has 0 saturated carbocycles. The Balaban J connectivity index is 2.70. The maximum Gasteiger partial charge on any atom is 0.0729 e. The molecule has 3 nitrogen and oxygen atoms in total. The summed E-state index contributed by atoms with van der Waals surface area (Å²) in [6.07, 6.45) is 6.40. The van der Waals surface area contributed by atoms with Crippen LogP contribution in [0.3, 0.4) is 0 Å². The van der Waals surface area contributed by atoms with Crippen LogP contribution in [0.1, 0.15) is 51.8 Å². The molecule has 2 unspecified atom stereocenters. The zero-order chi connectivity index (χ0) is 14.8. The molecular weight excluding hydrogens is 248 g/mol. The van der Waals surface area contributed by atoms with Crippen molar-refractivity contribution in [2.24, 2.45) is 0 Å². The highest BCUT2D eigenvalue weighted by Crippen LogP contribution is 2.11. The molecule has 0 radical (unpaired) electrons. The lowest BCUT2D eigenvalue weighted by molar-refractivity contribution is 0.0317. The third-order valence-electron chi connectivity index (χ3n) is 3.61. The number of nitrogens with one attached hydrogen (secondary N) is 1. The number of rotatable bonds is 10. The fourth-order valence-electron chi connectivity index (χ4n) is 2.41. The molecule has 1 N–H and O–H groups in total. The lowest BCUT2D eigenvalue weighted by atomic mass is 10.0. The Morgan fingerprint density at radius 2 is 2.00 bits per heavy atom. The van der Waals surface area contributed by atoms with Crippen molar-refractivity contribution in [3.05, 3.63) is 29.6 Å². The number of hydrogen-bond acceptors (Lipinski definition) is 3. The second kappa shape index (κ2) is 9.89. The molecule has 0 saturated heterocycles. The maximum absolute atomic E-state index is 5.88. The zero-order valence-electron chi connectivity index (χ0n) is 13.5. The van der Waals surface area contributed by atoms with Crippen LogP contribution in [0.5, 0.6) is 0 Å². The van der Waals surface area contributed by atoms with Crippen molar-refractivity contribution in [3.63, 3.8) is 0 Å². The summed E-state index contributed by atoms with van der Waals surface area (Å²) in [5, 5.41) is 3.62. The van der Waals surface area contributed by atoms with Gasteiger partial charge in [0.05, 0.1) is 6.10 Å². The molecule has 1 aromatic heterocycles. The highest BCUT2D eigenvalue weighted by Gasteiger charge is 2.20. The summed E-state index contributed by atoms with van der Waals surface area (Å²) in [7, 11) is 0. The Bertz CT molecular complexity index is 351. The fourth-order valence-corrected chi connectivity index (χ4v) is 2.41. The summed E-state index contributed by atoms with van der Waals surface area (Å²) in [4.78, 5) is 4.58. The van der Waals surface area contributed by atoms with Crippen molar-refractivity contribution in [1.82, 2.24) is 10.3 Å². The molecule has 0 fully saturated rings. The van der Waals surface area contributed by atoms with Gasteiger partial charge in [0.2, 0.25) is 0 Å². The maximum atomic E-state index is 5.88. The van der Waals surface area contributed by atoms with Crippen molar-refractivity contribution in [1.29, 1.82) is 0 Å². The van der Waals surface area contributed by atoms with Crippen molar-refractivity contribution in [2.75, 3.05) is 13.2 Å². The van der Waals surface area contributed by atoms with Crippen LogP contribution in [0.15, 0.2) is 18.3 Å². The van der Waals surface area contributed by atoms with E-state index in [1.165, 1.54) is 5.56 Å². The standard InChI is InChI=1S/C17H30N2O/c1-5-11-18-16(17(7-3)20-8-4)12-15-10-9-14(6-2)13-19-15/h9-10,13,16-18H,5-8,11-12H2,1-4H3. The van der Waals surface area contributed by atoms with Gasteiger partial charge in [-0.25, -0.2) is 0 Å². The first kappa shape index (κ1) is 17.1. The summed E-state index contributed by atoms with van der Waals surface area (Å²) in [6, 6.07) is 4.68. The van der Waals surface area contributed by atoms with Crippen molar-refractivity contribution in [2.45, 2.75) is 65.5 Å². The molecule has 0 spiro atoms. The number of aryl methyl sites for hydroxylation is 1. The predicted molar refractivity (Wildman–Crippen MR) is 85.1 cm³/mol. The smallest absolute Gasteiger partial charge is 0.0729 e. The normalized spacial score (nSPS) is 14.2. The van der Waals surface area contributed by atoms with Gasteiger partial charge in [0.1, 0.15) is 0 Å². The minimum absolute atomic E-state index is 0.263. The summed E-state index contributed by atoms with van der Waals surface area (Å²) >= 11 is 0. The van der Waals surface area contributed by atoms with E-state index >= 15 is 0 Å². The van der Waals surface area contributed by atoms with Crippen LogP contribution < -0.4 is 5.32 Å². The van der Waals surface area contributed by atoms with Gasteiger partial charge in [0.25, 0.3) is 0 Å². The third-order valence-corrected chi connectivity index (χ3v) is 3.61. The topological polar surface area (TPSA) is 34.2 Å². The molecule has 0 amide bonds. The molecule has 0 aliphatic carbocycles. The minimum Gasteiger partial charge on any atom is -0.377 e. The van der Waals surface area contributed by atoms with Gasteiger partial charge in [0.15, 0.2) is 0 Å². The largest absolute Gasteiger partial charge is 0.377 e. The fraction of sp³-hybridized carbons (Fsp3) is 0.706. The van der Waals surface area contributed by atoms with E-state index in [0.717, 1.165) is 44.5 Å². The Morgan fingerprint density at radius 1 is 1.20 bits per heavy atom. The van der Waals surface area contributed by atoms with Crippen LogP contribution in [0.25, 0.3) is 0 Å². The Kier molecular flexibility index (Phi) is 8.47. The number of ether oxygens (including phenoxy) is 1. The monoisotopic (exact) mass is 278 g/mol. The Morgan fingerprint density at radius 3 is 2.50 bits per heavy atom. The minimum atomic E-state index is 0.263. The van der Waals surface area contributed by atoms with E-state index < -0.39 is 0 Å². The highest BCUT2D eigenvalue weighted by molar-refractivity contribution is 5.15. The van der Waals surface area contributed by atoms with Crippen molar-refractivity contribution >= 4 is 0 Å². The lowest BCUT2D eigenvalue weighted by Gasteiger charge is -2.27. The summed E-state index contributed by atoms with van der Waals surface area (Å²) in [6.45, 7) is 10.4. The molecule has 3 heteroatoms. The van der Waals surface area contributed by atoms with Gasteiger partial charge >= 0.3 is 0 Å². The molecule has 2 atom stereocenters. The third kappa shape index (κ3) is 5.59. The van der Waals surface area contributed by atoms with Gasteiger partial charge in [-0.05, 0) is 44.4 Å². The first-order valence-electron chi connectivity index (χ1n) is 8.03. The highest BCUT2D eigenvalue weighted by atomic mass is 16.5. The van der Waals surface area contributed by atoms with Gasteiger partial charge in [-0.2, -0.15) is 0 Å². The van der Waals surface area contributed by atoms with Gasteiger partial charge in [0, 0.05) is 31.0 Å². The van der Waals surface area contributed by atoms with E-state index in [4.69, 9.17) is 4.74 Å². The zero-order valence-corrected chi connectivity index (χ0v) is 13.5. The molecule has 1 rings (SSSR count). The van der Waals surface area contributed by atoms with E-state index in [9.17, 15) is 0 Å².